The molecule has 0 radical (unpaired) electrons. The monoisotopic (exact) mass is 1460 g/mol. The largest absolute Gasteiger partial charge is 0.508 e. The molecule has 6 rings (SSSR count). The normalized spacial score (nSPS) is 21.9. The van der Waals surface area contributed by atoms with Crippen LogP contribution in [0.1, 0.15) is 62.6 Å². The first kappa shape index (κ1) is 82.0. The molecule has 2 saturated heterocycles. The molecular weight excluding hydrogens is 1370 g/mol. The number of phenolic OH excluding ortho intramolecular Hbond substituents is 1. The highest BCUT2D eigenvalue weighted by Gasteiger charge is 2.38. The Morgan fingerprint density at radius 1 is 0.578 bits per heavy atom. The fourth-order valence-corrected chi connectivity index (χ4v) is 13.9. The van der Waals surface area contributed by atoms with E-state index in [-0.39, 0.29) is 123 Å². The van der Waals surface area contributed by atoms with E-state index in [0.717, 1.165) is 28.5 Å². The molecule has 18 N–H and O–H groups in total. The highest BCUT2D eigenvalue weighted by molar-refractivity contribution is 8.76. The fraction of sp³-hybridized carbons (Fsp3) is 0.522. The number of benzene rings is 3. The fourth-order valence-electron chi connectivity index (χ4n) is 11.6. The molecule has 2 fully saturated rings. The number of aromatic amines is 1. The second-order valence-electron chi connectivity index (χ2n) is 25.2. The summed E-state index contributed by atoms with van der Waals surface area (Å²) in [6.45, 7) is 2.49. The molecule has 8 amide bonds. The lowest BCUT2D eigenvalue weighted by atomic mass is 10.0. The van der Waals surface area contributed by atoms with Crippen LogP contribution in [0.5, 0.6) is 5.75 Å². The Morgan fingerprint density at radius 2 is 1.11 bits per heavy atom. The van der Waals surface area contributed by atoms with Crippen LogP contribution in [0.4, 0.5) is 0 Å². The summed E-state index contributed by atoms with van der Waals surface area (Å²) >= 11 is 0. The summed E-state index contributed by atoms with van der Waals surface area (Å²) in [7, 11) is 1.68. The number of aliphatic hydroxyl groups is 2. The summed E-state index contributed by atoms with van der Waals surface area (Å²) in [4.78, 5) is 176. The number of unbranched alkanes of at least 4 members (excludes halogenated alkanes) is 1. The molecule has 4 aromatic rings. The van der Waals surface area contributed by atoms with E-state index in [4.69, 9.17) is 5.73 Å². The maximum Gasteiger partial charge on any atom is 0.328 e. The number of carbonyl (C=O) groups excluding carboxylic acids is 8. The van der Waals surface area contributed by atoms with Crippen molar-refractivity contribution in [3.05, 3.63) is 102 Å². The average Bonchev–Trinajstić information content (AvgIpc) is 1.63. The molecule has 3 unspecified atom stereocenters. The Labute approximate surface area is 596 Å². The SMILES string of the molecule is C[C@@H](O)C1NC(=O)[C@H](CCCCN)NC(=O)[C@@H](Cc2c[nH]c3ccccc23)NC(=O)C(Cc2ccc(O)cc2)NC(=O)[C@@H](NC(=O)[C@@H](Cc2ccccc2)NC(=O)CN2CCCN(CC(=O)O)CCN(CC(=O)O)CCCN(CC(=O)O)CC2)CSSCC(C(=O)N[C@H](C(=O)O)[C@@H](C)O)NC1=O. The average molecular weight is 1460 g/mol. The lowest BCUT2D eigenvalue weighted by Crippen LogP contribution is -2.62. The van der Waals surface area contributed by atoms with Gasteiger partial charge in [0.05, 0.1) is 38.4 Å². The Bertz CT molecular complexity index is 3480. The lowest BCUT2D eigenvalue weighted by Gasteiger charge is -2.31. The molecule has 0 saturated carbocycles. The molecule has 2 aliphatic rings. The minimum atomic E-state index is -1.91. The molecular formula is C67H94N14O19S2. The summed E-state index contributed by atoms with van der Waals surface area (Å²) in [5.41, 5.74) is 7.99. The molecule has 102 heavy (non-hydrogen) atoms. The van der Waals surface area contributed by atoms with Crippen LogP contribution in [0.15, 0.2) is 85.1 Å². The van der Waals surface area contributed by atoms with E-state index in [1.807, 2.05) is 0 Å². The van der Waals surface area contributed by atoms with Gasteiger partial charge in [-0.25, -0.2) is 4.79 Å². The van der Waals surface area contributed by atoms with Gasteiger partial charge in [0.1, 0.15) is 48.0 Å². The van der Waals surface area contributed by atoms with E-state index < -0.39 is 143 Å². The number of aliphatic hydroxyl groups excluding tert-OH is 2. The van der Waals surface area contributed by atoms with Crippen LogP contribution in [0.2, 0.25) is 0 Å². The van der Waals surface area contributed by atoms with Crippen LogP contribution < -0.4 is 48.3 Å². The van der Waals surface area contributed by atoms with Crippen LogP contribution in [0.25, 0.3) is 10.9 Å². The number of aromatic nitrogens is 1. The molecule has 33 nitrogen and oxygen atoms in total. The summed E-state index contributed by atoms with van der Waals surface area (Å²) < 4.78 is 0. The summed E-state index contributed by atoms with van der Waals surface area (Å²) in [6, 6.07) is 8.07. The Hall–Kier alpha value is -8.94. The molecule has 3 heterocycles. The van der Waals surface area contributed by atoms with Crippen LogP contribution >= 0.6 is 21.6 Å². The van der Waals surface area contributed by atoms with Gasteiger partial charge in [-0.15, -0.1) is 0 Å². The van der Waals surface area contributed by atoms with Gasteiger partial charge < -0.3 is 89.0 Å². The number of aliphatic carboxylic acids is 4. The van der Waals surface area contributed by atoms with Gasteiger partial charge in [0.25, 0.3) is 0 Å². The number of rotatable bonds is 26. The number of carbonyl (C=O) groups is 12. The number of aromatic hydroxyl groups is 1. The predicted octanol–water partition coefficient (Wildman–Crippen LogP) is -2.59. The summed E-state index contributed by atoms with van der Waals surface area (Å²) in [5, 5.41) is 92.6. The zero-order valence-electron chi connectivity index (χ0n) is 56.8. The molecule has 3 aromatic carbocycles. The number of nitrogens with zero attached hydrogens (tertiary/aromatic N) is 4. The highest BCUT2D eigenvalue weighted by Crippen LogP contribution is 2.25. The van der Waals surface area contributed by atoms with Crippen LogP contribution in [-0.4, -0.2) is 289 Å². The van der Waals surface area contributed by atoms with Gasteiger partial charge in [-0.1, -0.05) is 82.3 Å². The number of hydrogen-bond acceptors (Lipinski definition) is 22. The van der Waals surface area contributed by atoms with E-state index in [9.17, 15) is 78.9 Å². The van der Waals surface area contributed by atoms with E-state index in [1.54, 1.807) is 80.4 Å². The first-order chi connectivity index (χ1) is 48.7. The van der Waals surface area contributed by atoms with E-state index in [0.29, 0.717) is 46.9 Å². The van der Waals surface area contributed by atoms with Crippen molar-refractivity contribution in [3.8, 4) is 5.75 Å². The molecule has 0 bridgehead atoms. The number of carboxylic acids is 4. The summed E-state index contributed by atoms with van der Waals surface area (Å²) in [5.74, 6) is -13.8. The predicted molar refractivity (Wildman–Crippen MR) is 376 cm³/mol. The number of H-pyrrole nitrogens is 1. The topological polar surface area (TPSA) is 497 Å². The molecule has 2 aliphatic heterocycles. The molecule has 558 valence electrons. The maximum absolute atomic E-state index is 15.3. The van der Waals surface area contributed by atoms with E-state index >= 15 is 14.4 Å². The van der Waals surface area contributed by atoms with Crippen molar-refractivity contribution in [1.82, 2.24) is 67.1 Å². The van der Waals surface area contributed by atoms with Gasteiger partial charge in [-0.2, -0.15) is 0 Å². The maximum atomic E-state index is 15.3. The number of nitrogens with two attached hydrogens (primary N) is 1. The van der Waals surface area contributed by atoms with Crippen LogP contribution in [0.3, 0.4) is 0 Å². The van der Waals surface area contributed by atoms with Gasteiger partial charge in [-0.3, -0.25) is 72.3 Å². The standard InChI is InChI=1S/C67H94N14O19S2/c1-40(82)58-66(98)75-53(65(97)77-59(41(2)83)67(99)100)39-102-101-38-52(64(96)72-50(31-43-17-19-45(84)20-18-43)62(94)73-51(32-44-33-69-47-15-7-6-14-46(44)47)63(95)71-48(60(92)76-58)16-8-9-21-68)74-61(93)49(30-42-12-4-3-5-13-42)70-54(85)34-78-22-10-23-80(36-56(88)89)28-29-81(37-57(90)91)25-11-24-79(27-26-78)35-55(86)87/h3-7,12-15,17-20,33,40-41,48-53,58-59,69,82-84H,8-11,16,21-32,34-39,68H2,1-2H3,(H,70,85)(H,71,95)(H,72,96)(H,73,94)(H,74,93)(H,75,98)(H,76,92)(H,77,97)(H,86,87)(H,88,89)(H,90,91)(H,99,100)/t40-,41-,48+,49-,50?,51-,52+,53?,58?,59+/m1/s1. The quantitative estimate of drug-likeness (QED) is 0.0226. The number of para-hydroxylation sites is 1. The molecule has 0 spiro atoms. The van der Waals surface area contributed by atoms with Crippen molar-refractivity contribution in [2.75, 3.05) is 96.6 Å². The van der Waals surface area contributed by atoms with Crippen molar-refractivity contribution >= 4 is 104 Å². The number of carboxylic acid groups (broad SMARTS) is 4. The minimum absolute atomic E-state index is 0.0852. The number of fused-ring (bicyclic) bond motifs is 1. The second-order valence-corrected chi connectivity index (χ2v) is 27.7. The van der Waals surface area contributed by atoms with Gasteiger partial charge in [0.2, 0.25) is 47.3 Å². The zero-order chi connectivity index (χ0) is 74.4. The number of phenols is 1. The third kappa shape index (κ3) is 27.8. The number of hydrogen-bond donors (Lipinski definition) is 17. The van der Waals surface area contributed by atoms with Gasteiger partial charge >= 0.3 is 23.9 Å². The highest BCUT2D eigenvalue weighted by atomic mass is 33.1. The number of amides is 8. The Balaban J connectivity index is 1.40. The molecule has 10 atom stereocenters. The van der Waals surface area contributed by atoms with Crippen molar-refractivity contribution in [3.63, 3.8) is 0 Å². The lowest BCUT2D eigenvalue weighted by molar-refractivity contribution is -0.145. The Morgan fingerprint density at radius 3 is 1.67 bits per heavy atom. The van der Waals surface area contributed by atoms with Crippen molar-refractivity contribution in [1.29, 1.82) is 0 Å². The first-order valence-corrected chi connectivity index (χ1v) is 36.0. The third-order valence-electron chi connectivity index (χ3n) is 17.0. The van der Waals surface area contributed by atoms with Gasteiger partial charge in [0.15, 0.2) is 6.04 Å². The first-order valence-electron chi connectivity index (χ1n) is 33.5. The van der Waals surface area contributed by atoms with E-state index in [1.165, 1.54) is 31.2 Å². The van der Waals surface area contributed by atoms with Crippen LogP contribution in [-0.2, 0) is 76.8 Å². The van der Waals surface area contributed by atoms with E-state index in [2.05, 4.69) is 47.5 Å². The van der Waals surface area contributed by atoms with Gasteiger partial charge in [0, 0.05) is 93.7 Å². The molecule has 35 heteroatoms. The van der Waals surface area contributed by atoms with Crippen molar-refractivity contribution in [2.24, 2.45) is 5.73 Å². The molecule has 1 aromatic heterocycles. The molecule has 0 aliphatic carbocycles. The van der Waals surface area contributed by atoms with Crippen LogP contribution in [0, 0.1) is 0 Å². The van der Waals surface area contributed by atoms with Crippen molar-refractivity contribution in [2.45, 2.75) is 126 Å². The second kappa shape index (κ2) is 41.8. The summed E-state index contributed by atoms with van der Waals surface area (Å²) in [6.07, 6.45) is -1.23. The van der Waals surface area contributed by atoms with Gasteiger partial charge in [-0.05, 0) is 93.9 Å². The smallest absolute Gasteiger partial charge is 0.328 e. The third-order valence-corrected chi connectivity index (χ3v) is 19.4. The number of nitrogens with one attached hydrogen (secondary N) is 9. The van der Waals surface area contributed by atoms with Crippen molar-refractivity contribution < 1.29 is 93.3 Å². The Kier molecular flexibility index (Phi) is 33.7. The minimum Gasteiger partial charge on any atom is -0.508 e. The zero-order valence-corrected chi connectivity index (χ0v) is 58.5.